The normalized spacial score (nSPS) is 19.5. The Bertz CT molecular complexity index is 1020. The van der Waals surface area contributed by atoms with Gasteiger partial charge in [0.05, 0.1) is 49.9 Å². The minimum atomic E-state index is -4.61. The van der Waals surface area contributed by atoms with Crippen LogP contribution < -0.4 is 11.1 Å². The molecule has 2 aromatic rings. The molecule has 0 bridgehead atoms. The second kappa shape index (κ2) is 9.19. The number of fused-ring (bicyclic) bond motifs is 1. The van der Waals surface area contributed by atoms with Crippen molar-refractivity contribution in [2.75, 3.05) is 26.9 Å². The van der Waals surface area contributed by atoms with Crippen LogP contribution in [0.1, 0.15) is 37.2 Å². The van der Waals surface area contributed by atoms with Crippen LogP contribution >= 0.6 is 0 Å². The fourth-order valence-electron chi connectivity index (χ4n) is 3.27. The maximum absolute atomic E-state index is 13.1. The van der Waals surface area contributed by atoms with Crippen LogP contribution in [-0.2, 0) is 9.47 Å². The Morgan fingerprint density at radius 3 is 2.47 bits per heavy atom. The van der Waals surface area contributed by atoms with Crippen LogP contribution in [0.3, 0.4) is 0 Å². The van der Waals surface area contributed by atoms with Crippen LogP contribution in [0.4, 0.5) is 31.1 Å². The lowest BCUT2D eigenvalue weighted by Crippen LogP contribution is -2.43. The molecule has 0 saturated carbocycles. The average molecular weight is 498 g/mol. The molecular formula is C19H24F6N6O3. The first-order valence-electron chi connectivity index (χ1n) is 10.1. The molecule has 3 atom stereocenters. The molecule has 0 radical (unpaired) electrons. The van der Waals surface area contributed by atoms with Crippen LogP contribution in [0.2, 0.25) is 0 Å². The third kappa shape index (κ3) is 5.36. The number of carbonyl (C=O) groups excluding carboxylic acids is 1. The third-order valence-electron chi connectivity index (χ3n) is 5.46. The SMILES string of the molecule is COCC(c1cnn2cc(C(N)COC(C)(C)C(F)(F)F)nc2c1)N1C[C@@H](C(F)(F)F)NC1=O. The number of hydrogen-bond acceptors (Lipinski definition) is 6. The predicted molar refractivity (Wildman–Crippen MR) is 106 cm³/mol. The molecule has 0 aliphatic carbocycles. The summed E-state index contributed by atoms with van der Waals surface area (Å²) in [6.45, 7) is 0.570. The number of aromatic nitrogens is 3. The highest BCUT2D eigenvalue weighted by Crippen LogP contribution is 2.34. The van der Waals surface area contributed by atoms with Crippen LogP contribution in [0.25, 0.3) is 5.65 Å². The molecule has 1 aliphatic heterocycles. The maximum atomic E-state index is 13.1. The summed E-state index contributed by atoms with van der Waals surface area (Å²) in [4.78, 5) is 17.5. The van der Waals surface area contributed by atoms with Gasteiger partial charge in [0.2, 0.25) is 0 Å². The van der Waals surface area contributed by atoms with Gasteiger partial charge in [-0.15, -0.1) is 0 Å². The van der Waals surface area contributed by atoms with Crippen LogP contribution in [0.5, 0.6) is 0 Å². The fourth-order valence-corrected chi connectivity index (χ4v) is 3.27. The van der Waals surface area contributed by atoms with Crippen LogP contribution in [0.15, 0.2) is 18.5 Å². The summed E-state index contributed by atoms with van der Waals surface area (Å²) in [6, 6.07) is -3.33. The number of nitrogens with zero attached hydrogens (tertiary/aromatic N) is 4. The Kier molecular flexibility index (Phi) is 7.01. The molecule has 1 saturated heterocycles. The van der Waals surface area contributed by atoms with Crippen molar-refractivity contribution >= 4 is 11.7 Å². The van der Waals surface area contributed by atoms with Gasteiger partial charge >= 0.3 is 18.4 Å². The first-order valence-corrected chi connectivity index (χ1v) is 10.1. The number of imidazole rings is 1. The molecule has 0 aromatic carbocycles. The number of halogens is 6. The highest BCUT2D eigenvalue weighted by atomic mass is 19.4. The van der Waals surface area contributed by atoms with E-state index in [1.54, 1.807) is 0 Å². The minimum Gasteiger partial charge on any atom is -0.382 e. The highest BCUT2D eigenvalue weighted by Gasteiger charge is 2.49. The molecule has 0 spiro atoms. The van der Waals surface area contributed by atoms with Gasteiger partial charge in [-0.25, -0.2) is 14.3 Å². The summed E-state index contributed by atoms with van der Waals surface area (Å²) in [6.07, 6.45) is -6.46. The van der Waals surface area contributed by atoms with Crippen molar-refractivity contribution in [1.29, 1.82) is 0 Å². The number of nitrogens with one attached hydrogen (secondary N) is 1. The molecule has 3 rings (SSSR count). The number of nitrogens with two attached hydrogens (primary N) is 1. The monoisotopic (exact) mass is 498 g/mol. The highest BCUT2D eigenvalue weighted by molar-refractivity contribution is 5.77. The number of methoxy groups -OCH3 is 1. The molecule has 2 aromatic heterocycles. The van der Waals surface area contributed by atoms with Gasteiger partial charge in [0.15, 0.2) is 11.2 Å². The molecule has 3 heterocycles. The van der Waals surface area contributed by atoms with Gasteiger partial charge in [0, 0.05) is 12.7 Å². The van der Waals surface area contributed by atoms with Gasteiger partial charge in [-0.3, -0.25) is 0 Å². The van der Waals surface area contributed by atoms with E-state index in [0.717, 1.165) is 18.7 Å². The van der Waals surface area contributed by atoms with Crippen molar-refractivity contribution in [2.45, 2.75) is 49.9 Å². The number of urea groups is 1. The van der Waals surface area contributed by atoms with E-state index in [1.807, 2.05) is 5.32 Å². The van der Waals surface area contributed by atoms with E-state index in [1.165, 1.54) is 30.1 Å². The van der Waals surface area contributed by atoms with Gasteiger partial charge in [0.25, 0.3) is 0 Å². The van der Waals surface area contributed by atoms with Gasteiger partial charge in [-0.05, 0) is 19.9 Å². The van der Waals surface area contributed by atoms with Crippen molar-refractivity contribution in [3.8, 4) is 0 Å². The summed E-state index contributed by atoms with van der Waals surface area (Å²) < 4.78 is 89.5. The Morgan fingerprint density at radius 1 is 1.24 bits per heavy atom. The molecule has 2 amide bonds. The number of alkyl halides is 6. The Labute approximate surface area is 190 Å². The van der Waals surface area contributed by atoms with Crippen molar-refractivity contribution < 1.29 is 40.6 Å². The quantitative estimate of drug-likeness (QED) is 0.542. The van der Waals surface area contributed by atoms with Crippen molar-refractivity contribution in [2.24, 2.45) is 5.73 Å². The Morgan fingerprint density at radius 2 is 1.91 bits per heavy atom. The molecular weight excluding hydrogens is 474 g/mol. The molecule has 1 aliphatic rings. The minimum absolute atomic E-state index is 0.108. The topological polar surface area (TPSA) is 107 Å². The summed E-state index contributed by atoms with van der Waals surface area (Å²) in [7, 11) is 1.34. The number of carbonyl (C=O) groups is 1. The smallest absolute Gasteiger partial charge is 0.382 e. The molecule has 190 valence electrons. The largest absolute Gasteiger partial charge is 0.416 e. The second-order valence-corrected chi connectivity index (χ2v) is 8.35. The van der Waals surface area contributed by atoms with E-state index in [4.69, 9.17) is 15.2 Å². The third-order valence-corrected chi connectivity index (χ3v) is 5.46. The predicted octanol–water partition coefficient (Wildman–Crippen LogP) is 2.73. The van der Waals surface area contributed by atoms with Gasteiger partial charge in [-0.2, -0.15) is 31.4 Å². The van der Waals surface area contributed by atoms with Crippen molar-refractivity contribution in [1.82, 2.24) is 24.8 Å². The zero-order chi connectivity index (χ0) is 25.5. The van der Waals surface area contributed by atoms with Crippen molar-refractivity contribution in [3.63, 3.8) is 0 Å². The number of rotatable bonds is 8. The van der Waals surface area contributed by atoms with E-state index in [0.29, 0.717) is 5.56 Å². The first kappa shape index (κ1) is 26.0. The Balaban J connectivity index is 1.81. The zero-order valence-corrected chi connectivity index (χ0v) is 18.4. The first-order chi connectivity index (χ1) is 15.6. The van der Waals surface area contributed by atoms with E-state index in [2.05, 4.69) is 10.1 Å². The van der Waals surface area contributed by atoms with Crippen molar-refractivity contribution in [3.05, 3.63) is 29.7 Å². The lowest BCUT2D eigenvalue weighted by Gasteiger charge is -2.28. The molecule has 3 N–H and O–H groups in total. The van der Waals surface area contributed by atoms with E-state index >= 15 is 0 Å². The van der Waals surface area contributed by atoms with E-state index in [-0.39, 0.29) is 17.9 Å². The van der Waals surface area contributed by atoms with E-state index < -0.39 is 55.3 Å². The second-order valence-electron chi connectivity index (χ2n) is 8.35. The zero-order valence-electron chi connectivity index (χ0n) is 18.4. The standard InChI is InChI=1S/C19H24F6N6O3/c1-17(2,19(23,24)25)34-8-11(26)12-6-31-15(28-12)4-10(5-27-31)13(9-33-3)30-7-14(18(20,21)22)29-16(30)32/h4-6,11,13-14H,7-9,26H2,1-3H3,(H,29,32)/t11?,13?,14-/m0/s1. The van der Waals surface area contributed by atoms with Crippen LogP contribution in [-0.4, -0.2) is 76.4 Å². The molecule has 9 nitrogen and oxygen atoms in total. The number of ether oxygens (including phenoxy) is 2. The summed E-state index contributed by atoms with van der Waals surface area (Å²) >= 11 is 0. The van der Waals surface area contributed by atoms with Gasteiger partial charge < -0.3 is 25.4 Å². The lowest BCUT2D eigenvalue weighted by molar-refractivity contribution is -0.264. The van der Waals surface area contributed by atoms with Crippen LogP contribution in [0, 0.1) is 0 Å². The van der Waals surface area contributed by atoms with E-state index in [9.17, 15) is 31.1 Å². The molecule has 2 unspecified atom stereocenters. The summed E-state index contributed by atoms with van der Waals surface area (Å²) in [5.41, 5.74) is 4.31. The fraction of sp³-hybridized carbons (Fsp3) is 0.632. The number of amides is 2. The molecule has 34 heavy (non-hydrogen) atoms. The lowest BCUT2D eigenvalue weighted by atomic mass is 10.1. The van der Waals surface area contributed by atoms with Gasteiger partial charge in [0.1, 0.15) is 6.04 Å². The molecule has 1 fully saturated rings. The van der Waals surface area contributed by atoms with Gasteiger partial charge in [-0.1, -0.05) is 0 Å². The number of hydrogen-bond donors (Lipinski definition) is 2. The maximum Gasteiger partial charge on any atom is 0.416 e. The Hall–Kier alpha value is -2.65. The summed E-state index contributed by atoms with van der Waals surface area (Å²) in [5.74, 6) is 0. The summed E-state index contributed by atoms with van der Waals surface area (Å²) in [5, 5.41) is 6.04. The molecule has 15 heteroatoms. The average Bonchev–Trinajstić information content (AvgIpc) is 3.32.